The topological polar surface area (TPSA) is 75.4 Å². The average Bonchev–Trinajstić information content (AvgIpc) is 3.39. The van der Waals surface area contributed by atoms with Crippen LogP contribution >= 0.6 is 0 Å². The lowest BCUT2D eigenvalue weighted by Gasteiger charge is -2.21. The molecule has 0 bridgehead atoms. The second-order valence-electron chi connectivity index (χ2n) is 7.56. The van der Waals surface area contributed by atoms with Gasteiger partial charge in [0.05, 0.1) is 0 Å². The summed E-state index contributed by atoms with van der Waals surface area (Å²) in [6.07, 6.45) is 2.84. The molecular weight excluding hydrogens is 366 g/mol. The highest BCUT2D eigenvalue weighted by molar-refractivity contribution is 5.95. The smallest absolute Gasteiger partial charge is 0.229 e. The summed E-state index contributed by atoms with van der Waals surface area (Å²) >= 11 is 0. The van der Waals surface area contributed by atoms with E-state index < -0.39 is 0 Å². The van der Waals surface area contributed by atoms with E-state index in [1.807, 2.05) is 55.5 Å². The maximum absolute atomic E-state index is 12.9. The zero-order valence-electron chi connectivity index (χ0n) is 16.7. The van der Waals surface area contributed by atoms with Gasteiger partial charge in [0.2, 0.25) is 17.7 Å². The first-order valence-electron chi connectivity index (χ1n) is 10.1. The van der Waals surface area contributed by atoms with E-state index in [1.54, 1.807) is 11.9 Å². The molecular formula is C23H25N3O3. The van der Waals surface area contributed by atoms with Crippen molar-refractivity contribution in [3.8, 4) is 11.5 Å². The molecule has 6 nitrogen and oxygen atoms in total. The van der Waals surface area contributed by atoms with E-state index in [0.717, 1.165) is 35.2 Å². The van der Waals surface area contributed by atoms with Crippen molar-refractivity contribution in [1.82, 2.24) is 10.3 Å². The van der Waals surface area contributed by atoms with Crippen LogP contribution in [0.4, 0.5) is 5.69 Å². The van der Waals surface area contributed by atoms with Crippen LogP contribution in [-0.2, 0) is 9.59 Å². The molecule has 1 aliphatic rings. The summed E-state index contributed by atoms with van der Waals surface area (Å²) in [7, 11) is 1.80. The lowest BCUT2D eigenvalue weighted by Crippen LogP contribution is -2.35. The minimum absolute atomic E-state index is 0.0474. The van der Waals surface area contributed by atoms with Crippen LogP contribution in [0.3, 0.4) is 0 Å². The number of benzene rings is 2. The van der Waals surface area contributed by atoms with Gasteiger partial charge >= 0.3 is 0 Å². The normalized spacial score (nSPS) is 18.7. The molecule has 4 rings (SSSR count). The molecule has 3 aromatic rings. The van der Waals surface area contributed by atoms with Gasteiger partial charge in [0, 0.05) is 36.7 Å². The quantitative estimate of drug-likeness (QED) is 0.709. The van der Waals surface area contributed by atoms with E-state index in [9.17, 15) is 9.59 Å². The number of anilines is 1. The maximum atomic E-state index is 12.9. The number of nitrogens with zero attached hydrogens (tertiary/aromatic N) is 2. The Hall–Kier alpha value is -3.15. The summed E-state index contributed by atoms with van der Waals surface area (Å²) in [5.41, 5.74) is 3.28. The standard InChI is InChI=1S/C23H25N3O3/c1-3-21(27)24-17-11-8-16(14-17)23(28)26(2)18-12-9-15(10-13-18)22-25-19-6-4-5-7-20(19)29-22/h4-7,9-10,12-13,16-17H,3,8,11,14H2,1-2H3,(H,24,27)/t16-,17+/m0/s1. The van der Waals surface area contributed by atoms with Crippen LogP contribution in [0.25, 0.3) is 22.6 Å². The Morgan fingerprint density at radius 3 is 2.62 bits per heavy atom. The predicted molar refractivity (Wildman–Crippen MR) is 112 cm³/mol. The van der Waals surface area contributed by atoms with Gasteiger partial charge in [-0.2, -0.15) is 0 Å². The molecule has 1 aromatic heterocycles. The first-order chi connectivity index (χ1) is 14.0. The van der Waals surface area contributed by atoms with Crippen LogP contribution < -0.4 is 10.2 Å². The van der Waals surface area contributed by atoms with Crippen LogP contribution in [0.15, 0.2) is 52.9 Å². The Balaban J connectivity index is 1.43. The van der Waals surface area contributed by atoms with Gasteiger partial charge in [-0.1, -0.05) is 19.1 Å². The Kier molecular flexibility index (Phi) is 5.34. The molecule has 0 radical (unpaired) electrons. The number of carbonyl (C=O) groups is 2. The fourth-order valence-corrected chi connectivity index (χ4v) is 3.89. The number of fused-ring (bicyclic) bond motifs is 1. The van der Waals surface area contributed by atoms with Crippen LogP contribution in [0.2, 0.25) is 0 Å². The molecule has 0 spiro atoms. The highest BCUT2D eigenvalue weighted by atomic mass is 16.3. The fraction of sp³-hybridized carbons (Fsp3) is 0.348. The molecule has 0 saturated heterocycles. The Morgan fingerprint density at radius 2 is 1.90 bits per heavy atom. The molecule has 2 atom stereocenters. The third kappa shape index (κ3) is 4.01. The van der Waals surface area contributed by atoms with Crippen molar-refractivity contribution < 1.29 is 14.0 Å². The molecule has 6 heteroatoms. The van der Waals surface area contributed by atoms with Crippen LogP contribution in [0.5, 0.6) is 0 Å². The minimum atomic E-state index is -0.0566. The summed E-state index contributed by atoms with van der Waals surface area (Å²) in [5.74, 6) is 0.648. The Bertz CT molecular complexity index is 992. The molecule has 1 aliphatic carbocycles. The number of amides is 2. The van der Waals surface area contributed by atoms with E-state index >= 15 is 0 Å². The average molecular weight is 391 g/mol. The molecule has 29 heavy (non-hydrogen) atoms. The first-order valence-corrected chi connectivity index (χ1v) is 10.1. The summed E-state index contributed by atoms with van der Waals surface area (Å²) in [4.78, 5) is 30.7. The third-order valence-electron chi connectivity index (χ3n) is 5.59. The van der Waals surface area contributed by atoms with Gasteiger partial charge in [-0.15, -0.1) is 0 Å². The number of hydrogen-bond donors (Lipinski definition) is 1. The highest BCUT2D eigenvalue weighted by Gasteiger charge is 2.32. The van der Waals surface area contributed by atoms with E-state index in [1.165, 1.54) is 0 Å². The van der Waals surface area contributed by atoms with Gasteiger partial charge in [0.15, 0.2) is 5.58 Å². The summed E-state index contributed by atoms with van der Waals surface area (Å²) in [5, 5.41) is 3.00. The number of nitrogens with one attached hydrogen (secondary N) is 1. The number of aromatic nitrogens is 1. The lowest BCUT2D eigenvalue weighted by molar-refractivity contribution is -0.123. The monoisotopic (exact) mass is 391 g/mol. The second kappa shape index (κ2) is 8.07. The van der Waals surface area contributed by atoms with E-state index in [2.05, 4.69) is 10.3 Å². The zero-order chi connectivity index (χ0) is 20.4. The van der Waals surface area contributed by atoms with Gasteiger partial charge in [-0.05, 0) is 55.7 Å². The van der Waals surface area contributed by atoms with Crippen LogP contribution in [0, 0.1) is 5.92 Å². The maximum Gasteiger partial charge on any atom is 0.229 e. The van der Waals surface area contributed by atoms with Crippen LogP contribution in [0.1, 0.15) is 32.6 Å². The van der Waals surface area contributed by atoms with Crippen molar-refractivity contribution in [2.75, 3.05) is 11.9 Å². The van der Waals surface area contributed by atoms with Crippen molar-refractivity contribution in [3.05, 3.63) is 48.5 Å². The minimum Gasteiger partial charge on any atom is -0.436 e. The van der Waals surface area contributed by atoms with Crippen molar-refractivity contribution in [1.29, 1.82) is 0 Å². The molecule has 1 N–H and O–H groups in total. The third-order valence-corrected chi connectivity index (χ3v) is 5.59. The fourth-order valence-electron chi connectivity index (χ4n) is 3.89. The van der Waals surface area contributed by atoms with Gasteiger partial charge in [0.25, 0.3) is 0 Å². The summed E-state index contributed by atoms with van der Waals surface area (Å²) in [6.45, 7) is 1.84. The molecule has 1 saturated carbocycles. The SMILES string of the molecule is CCC(=O)N[C@@H]1CC[C@H](C(=O)N(C)c2ccc(-c3nc4ccccc4o3)cc2)C1. The van der Waals surface area contributed by atoms with Gasteiger partial charge in [0.1, 0.15) is 5.52 Å². The molecule has 1 heterocycles. The molecule has 1 fully saturated rings. The van der Waals surface area contributed by atoms with Crippen molar-refractivity contribution in [2.45, 2.75) is 38.6 Å². The highest BCUT2D eigenvalue weighted by Crippen LogP contribution is 2.30. The second-order valence-corrected chi connectivity index (χ2v) is 7.56. The van der Waals surface area contributed by atoms with Crippen molar-refractivity contribution >= 4 is 28.6 Å². The van der Waals surface area contributed by atoms with Crippen molar-refractivity contribution in [3.63, 3.8) is 0 Å². The zero-order valence-corrected chi connectivity index (χ0v) is 16.7. The molecule has 0 unspecified atom stereocenters. The van der Waals surface area contributed by atoms with E-state index in [4.69, 9.17) is 4.42 Å². The number of oxazole rings is 1. The molecule has 2 aromatic carbocycles. The summed E-state index contributed by atoms with van der Waals surface area (Å²) in [6, 6.07) is 15.4. The number of hydrogen-bond acceptors (Lipinski definition) is 4. The number of para-hydroxylation sites is 2. The summed E-state index contributed by atoms with van der Waals surface area (Å²) < 4.78 is 5.81. The Labute approximate surface area is 169 Å². The predicted octanol–water partition coefficient (Wildman–Crippen LogP) is 4.15. The van der Waals surface area contributed by atoms with Crippen molar-refractivity contribution in [2.24, 2.45) is 5.92 Å². The molecule has 0 aliphatic heterocycles. The largest absolute Gasteiger partial charge is 0.436 e. The number of rotatable bonds is 5. The van der Waals surface area contributed by atoms with Gasteiger partial charge in [-0.25, -0.2) is 4.98 Å². The Morgan fingerprint density at radius 1 is 1.14 bits per heavy atom. The van der Waals surface area contributed by atoms with Crippen LogP contribution in [-0.4, -0.2) is 29.9 Å². The molecule has 150 valence electrons. The van der Waals surface area contributed by atoms with E-state index in [-0.39, 0.29) is 23.8 Å². The van der Waals surface area contributed by atoms with Gasteiger partial charge in [-0.3, -0.25) is 9.59 Å². The first kappa shape index (κ1) is 19.2. The number of carbonyl (C=O) groups excluding carboxylic acids is 2. The van der Waals surface area contributed by atoms with E-state index in [0.29, 0.717) is 18.7 Å². The van der Waals surface area contributed by atoms with Gasteiger partial charge < -0.3 is 14.6 Å². The molecule has 2 amide bonds. The lowest BCUT2D eigenvalue weighted by atomic mass is 10.1.